The van der Waals surface area contributed by atoms with Crippen molar-refractivity contribution in [1.29, 1.82) is 0 Å². The summed E-state index contributed by atoms with van der Waals surface area (Å²) in [6, 6.07) is 8.93. The molecule has 3 saturated carbocycles. The van der Waals surface area contributed by atoms with E-state index in [0.717, 1.165) is 29.4 Å². The number of hydrogen-bond acceptors (Lipinski definition) is 1. The summed E-state index contributed by atoms with van der Waals surface area (Å²) in [5.41, 5.74) is 3.98. The predicted molar refractivity (Wildman–Crippen MR) is 107 cm³/mol. The predicted octanol–water partition coefficient (Wildman–Crippen LogP) is 6.57. The second-order valence-electron chi connectivity index (χ2n) is 9.62. The maximum Gasteiger partial charge on any atom is 0.118 e. The molecule has 140 valence electrons. The van der Waals surface area contributed by atoms with Crippen LogP contribution in [0.5, 0.6) is 5.75 Å². The molecule has 0 saturated heterocycles. The van der Waals surface area contributed by atoms with E-state index < -0.39 is 0 Å². The molecule has 26 heavy (non-hydrogen) atoms. The van der Waals surface area contributed by atoms with Crippen LogP contribution in [0.3, 0.4) is 0 Å². The molecule has 5 rings (SSSR count). The molecule has 0 amide bonds. The number of allylic oxidation sites excluding steroid dienone is 2. The topological polar surface area (TPSA) is 9.23 Å². The lowest BCUT2D eigenvalue weighted by Crippen LogP contribution is -2.45. The Morgan fingerprint density at radius 2 is 1.85 bits per heavy atom. The van der Waals surface area contributed by atoms with Crippen LogP contribution < -0.4 is 4.74 Å². The summed E-state index contributed by atoms with van der Waals surface area (Å²) in [6.07, 6.45) is 18.6. The Hall–Kier alpha value is -1.24. The van der Waals surface area contributed by atoms with Crippen molar-refractivity contribution in [2.45, 2.75) is 70.6 Å². The van der Waals surface area contributed by atoms with E-state index in [1.165, 1.54) is 76.2 Å². The molecule has 0 N–H and O–H groups in total. The molecular weight excluding hydrogens is 316 g/mol. The number of ether oxygens (including phenoxy) is 1. The molecule has 0 spiro atoms. The second kappa shape index (κ2) is 6.73. The normalized spacial score (nSPS) is 38.7. The van der Waals surface area contributed by atoms with Gasteiger partial charge >= 0.3 is 0 Å². The highest BCUT2D eigenvalue weighted by molar-refractivity contribution is 5.29. The quantitative estimate of drug-likeness (QED) is 0.560. The van der Waals surface area contributed by atoms with Crippen molar-refractivity contribution in [1.82, 2.24) is 0 Å². The first-order valence-corrected chi connectivity index (χ1v) is 11.1. The van der Waals surface area contributed by atoms with Crippen molar-refractivity contribution >= 4 is 0 Å². The lowest BCUT2D eigenvalue weighted by molar-refractivity contribution is -0.00112. The average Bonchev–Trinajstić information content (AvgIpc) is 3.12. The first-order valence-electron chi connectivity index (χ1n) is 11.1. The van der Waals surface area contributed by atoms with Gasteiger partial charge in [-0.15, -0.1) is 0 Å². The maximum atomic E-state index is 5.36. The van der Waals surface area contributed by atoms with Crippen LogP contribution >= 0.6 is 0 Å². The van der Waals surface area contributed by atoms with Gasteiger partial charge in [-0.2, -0.15) is 0 Å². The van der Waals surface area contributed by atoms with Crippen molar-refractivity contribution in [2.24, 2.45) is 29.1 Å². The highest BCUT2D eigenvalue weighted by Gasteiger charge is 2.53. The van der Waals surface area contributed by atoms with Crippen molar-refractivity contribution in [3.63, 3.8) is 0 Å². The Kier molecular flexibility index (Phi) is 4.38. The zero-order valence-corrected chi connectivity index (χ0v) is 16.4. The largest absolute Gasteiger partial charge is 0.497 e. The molecule has 1 nitrogen and oxygen atoms in total. The fourth-order valence-corrected chi connectivity index (χ4v) is 7.50. The molecule has 0 aliphatic heterocycles. The van der Waals surface area contributed by atoms with Gasteiger partial charge in [0.25, 0.3) is 0 Å². The van der Waals surface area contributed by atoms with Gasteiger partial charge in [0.05, 0.1) is 7.11 Å². The van der Waals surface area contributed by atoms with Crippen LogP contribution in [0.15, 0.2) is 35.9 Å². The van der Waals surface area contributed by atoms with Crippen LogP contribution in [0.2, 0.25) is 0 Å². The molecule has 3 fully saturated rings. The molecule has 5 atom stereocenters. The third-order valence-electron chi connectivity index (χ3n) is 8.61. The highest BCUT2D eigenvalue weighted by atomic mass is 16.5. The van der Waals surface area contributed by atoms with Gasteiger partial charge in [0, 0.05) is 0 Å². The Morgan fingerprint density at radius 1 is 0.962 bits per heavy atom. The fourth-order valence-electron chi connectivity index (χ4n) is 7.50. The van der Waals surface area contributed by atoms with Gasteiger partial charge < -0.3 is 4.74 Å². The molecule has 4 aliphatic rings. The van der Waals surface area contributed by atoms with E-state index in [1.54, 1.807) is 7.11 Å². The van der Waals surface area contributed by atoms with Gasteiger partial charge in [0.15, 0.2) is 0 Å². The van der Waals surface area contributed by atoms with E-state index in [4.69, 9.17) is 4.74 Å². The second-order valence-corrected chi connectivity index (χ2v) is 9.62. The fraction of sp³-hybridized carbons (Fsp3) is 0.680. The molecule has 1 heteroatoms. The van der Waals surface area contributed by atoms with Crippen molar-refractivity contribution in [3.05, 3.63) is 41.5 Å². The minimum Gasteiger partial charge on any atom is -0.497 e. The number of benzene rings is 1. The van der Waals surface area contributed by atoms with Crippen LogP contribution in [-0.2, 0) is 6.42 Å². The minimum absolute atomic E-state index is 0.593. The van der Waals surface area contributed by atoms with Crippen molar-refractivity contribution in [2.75, 3.05) is 7.11 Å². The Labute approximate surface area is 159 Å². The van der Waals surface area contributed by atoms with Crippen LogP contribution in [-0.4, -0.2) is 7.11 Å². The lowest BCUT2D eigenvalue weighted by atomic mass is 9.52. The van der Waals surface area contributed by atoms with Crippen molar-refractivity contribution in [3.8, 4) is 5.75 Å². The molecule has 0 aromatic heterocycles. The number of fused-ring (bicyclic) bond motifs is 5. The smallest absolute Gasteiger partial charge is 0.118 e. The first kappa shape index (κ1) is 16.9. The number of methoxy groups -OCH3 is 1. The SMILES string of the molecule is COc1ccc(C[C@@]23CCC[C@H]2[C@@H]2CC=C4CCCC[C@@H]4[C@H]2CC3)cc1. The Morgan fingerprint density at radius 3 is 2.69 bits per heavy atom. The zero-order chi connectivity index (χ0) is 17.6. The number of rotatable bonds is 3. The first-order chi connectivity index (χ1) is 12.8. The van der Waals surface area contributed by atoms with E-state index in [9.17, 15) is 0 Å². The van der Waals surface area contributed by atoms with Gasteiger partial charge in [0.2, 0.25) is 0 Å². The minimum atomic E-state index is 0.593. The van der Waals surface area contributed by atoms with E-state index in [1.807, 2.05) is 5.57 Å². The third-order valence-corrected chi connectivity index (χ3v) is 8.61. The van der Waals surface area contributed by atoms with E-state index >= 15 is 0 Å². The van der Waals surface area contributed by atoms with Crippen molar-refractivity contribution < 1.29 is 4.74 Å². The van der Waals surface area contributed by atoms with Crippen LogP contribution in [0.25, 0.3) is 0 Å². The highest BCUT2D eigenvalue weighted by Crippen LogP contribution is 2.62. The summed E-state index contributed by atoms with van der Waals surface area (Å²) in [6.45, 7) is 0. The Bertz CT molecular complexity index is 672. The van der Waals surface area contributed by atoms with Crippen LogP contribution in [0, 0.1) is 29.1 Å². The lowest BCUT2D eigenvalue weighted by Gasteiger charge is -2.53. The summed E-state index contributed by atoms with van der Waals surface area (Å²) in [4.78, 5) is 0. The zero-order valence-electron chi connectivity index (χ0n) is 16.4. The van der Waals surface area contributed by atoms with E-state index in [-0.39, 0.29) is 0 Å². The van der Waals surface area contributed by atoms with Gasteiger partial charge in [-0.05, 0) is 105 Å². The van der Waals surface area contributed by atoms with Crippen LogP contribution in [0.1, 0.15) is 69.8 Å². The molecule has 0 radical (unpaired) electrons. The van der Waals surface area contributed by atoms with Gasteiger partial charge in [-0.1, -0.05) is 36.6 Å². The van der Waals surface area contributed by atoms with Crippen LogP contribution in [0.4, 0.5) is 0 Å². The van der Waals surface area contributed by atoms with Gasteiger partial charge in [-0.3, -0.25) is 0 Å². The summed E-state index contributed by atoms with van der Waals surface area (Å²) in [5, 5.41) is 0. The average molecular weight is 351 g/mol. The Balaban J connectivity index is 1.39. The molecular formula is C25H34O. The molecule has 0 unspecified atom stereocenters. The van der Waals surface area contributed by atoms with Gasteiger partial charge in [0.1, 0.15) is 5.75 Å². The molecule has 4 aliphatic carbocycles. The summed E-state index contributed by atoms with van der Waals surface area (Å²) in [7, 11) is 1.76. The standard InChI is InChI=1S/C25H34O/c1-26-20-11-8-18(9-12-20)17-25-15-4-7-24(25)23-13-10-19-5-2-3-6-21(19)22(23)14-16-25/h8-12,21-24H,2-7,13-17H2,1H3/t21-,22+,23+,24-,25-/m0/s1. The summed E-state index contributed by atoms with van der Waals surface area (Å²) >= 11 is 0. The molecule has 1 aromatic carbocycles. The molecule has 1 aromatic rings. The molecule has 0 heterocycles. The maximum absolute atomic E-state index is 5.36. The van der Waals surface area contributed by atoms with E-state index in [2.05, 4.69) is 30.3 Å². The monoisotopic (exact) mass is 350 g/mol. The summed E-state index contributed by atoms with van der Waals surface area (Å²) in [5.74, 6) is 4.92. The number of hydrogen-bond donors (Lipinski definition) is 0. The summed E-state index contributed by atoms with van der Waals surface area (Å²) < 4.78 is 5.36. The third kappa shape index (κ3) is 2.74. The van der Waals surface area contributed by atoms with Gasteiger partial charge in [-0.25, -0.2) is 0 Å². The molecule has 0 bridgehead atoms. The van der Waals surface area contributed by atoms with E-state index in [0.29, 0.717) is 5.41 Å².